The first-order valence-electron chi connectivity index (χ1n) is 7.62. The number of hydrogen-bond acceptors (Lipinski definition) is 2. The Balaban J connectivity index is 2.06. The first-order chi connectivity index (χ1) is 9.33. The van der Waals surface area contributed by atoms with Gasteiger partial charge in [0.2, 0.25) is 0 Å². The summed E-state index contributed by atoms with van der Waals surface area (Å²) in [6, 6.07) is 0.285. The van der Waals surface area contributed by atoms with Crippen molar-refractivity contribution in [3.8, 4) is 0 Å². The van der Waals surface area contributed by atoms with Crippen molar-refractivity contribution in [2.24, 2.45) is 11.3 Å². The normalized spacial score (nSPS) is 35.0. The molecule has 0 aliphatic carbocycles. The number of carboxylic acid groups (broad SMARTS) is 1. The molecule has 3 unspecified atom stereocenters. The predicted octanol–water partition coefficient (Wildman–Crippen LogP) is 2.41. The van der Waals surface area contributed by atoms with Crippen LogP contribution in [-0.2, 0) is 4.79 Å². The summed E-state index contributed by atoms with van der Waals surface area (Å²) >= 11 is 0. The van der Waals surface area contributed by atoms with E-state index in [0.717, 1.165) is 25.8 Å². The van der Waals surface area contributed by atoms with Gasteiger partial charge in [-0.05, 0) is 45.4 Å². The van der Waals surface area contributed by atoms with Crippen LogP contribution in [0, 0.1) is 11.3 Å². The topological polar surface area (TPSA) is 60.9 Å². The standard InChI is InChI=1S/C15H26N2O3/c1-11-5-6-12(2)17(9-11)14(20)16-8-4-7-15(3,10-16)13(18)19/h11-12H,4-10H2,1-3H3,(H,18,19). The van der Waals surface area contributed by atoms with Crippen LogP contribution in [0.4, 0.5) is 4.79 Å². The Bertz CT molecular complexity index is 399. The Morgan fingerprint density at radius 1 is 1.25 bits per heavy atom. The summed E-state index contributed by atoms with van der Waals surface area (Å²) in [4.78, 5) is 27.7. The average Bonchev–Trinajstić information content (AvgIpc) is 2.40. The number of aliphatic carboxylic acids is 1. The van der Waals surface area contributed by atoms with Gasteiger partial charge in [0.05, 0.1) is 5.41 Å². The van der Waals surface area contributed by atoms with Gasteiger partial charge in [0, 0.05) is 25.7 Å². The lowest BCUT2D eigenvalue weighted by Gasteiger charge is -2.43. The highest BCUT2D eigenvalue weighted by molar-refractivity contribution is 5.78. The second-order valence-electron chi connectivity index (χ2n) is 6.86. The molecule has 2 aliphatic rings. The Morgan fingerprint density at radius 2 is 1.95 bits per heavy atom. The number of nitrogens with zero attached hydrogens (tertiary/aromatic N) is 2. The van der Waals surface area contributed by atoms with E-state index in [1.54, 1.807) is 11.8 Å². The third kappa shape index (κ3) is 2.91. The zero-order valence-electron chi connectivity index (χ0n) is 12.8. The fourth-order valence-electron chi connectivity index (χ4n) is 3.31. The molecule has 2 heterocycles. The van der Waals surface area contributed by atoms with Crippen molar-refractivity contribution in [1.82, 2.24) is 9.80 Å². The van der Waals surface area contributed by atoms with Crippen LogP contribution >= 0.6 is 0 Å². The van der Waals surface area contributed by atoms with E-state index in [-0.39, 0.29) is 12.1 Å². The molecule has 2 fully saturated rings. The van der Waals surface area contributed by atoms with E-state index < -0.39 is 11.4 Å². The monoisotopic (exact) mass is 282 g/mol. The maximum Gasteiger partial charge on any atom is 0.320 e. The van der Waals surface area contributed by atoms with Gasteiger partial charge in [-0.15, -0.1) is 0 Å². The van der Waals surface area contributed by atoms with Crippen molar-refractivity contribution in [2.75, 3.05) is 19.6 Å². The fourth-order valence-corrected chi connectivity index (χ4v) is 3.31. The maximum absolute atomic E-state index is 12.7. The Hall–Kier alpha value is -1.26. The van der Waals surface area contributed by atoms with E-state index in [4.69, 9.17) is 0 Å². The zero-order chi connectivity index (χ0) is 14.9. The van der Waals surface area contributed by atoms with Crippen LogP contribution in [0.2, 0.25) is 0 Å². The lowest BCUT2D eigenvalue weighted by molar-refractivity contribution is -0.150. The minimum Gasteiger partial charge on any atom is -0.481 e. The summed E-state index contributed by atoms with van der Waals surface area (Å²) in [6.07, 6.45) is 3.62. The summed E-state index contributed by atoms with van der Waals surface area (Å²) in [6.45, 7) is 7.81. The highest BCUT2D eigenvalue weighted by atomic mass is 16.4. The first kappa shape index (κ1) is 15.1. The van der Waals surface area contributed by atoms with Gasteiger partial charge >= 0.3 is 12.0 Å². The molecule has 0 bridgehead atoms. The number of carbonyl (C=O) groups excluding carboxylic acids is 1. The molecule has 0 aromatic rings. The fraction of sp³-hybridized carbons (Fsp3) is 0.867. The van der Waals surface area contributed by atoms with Gasteiger partial charge in [0.1, 0.15) is 0 Å². The number of likely N-dealkylation sites (tertiary alicyclic amines) is 2. The van der Waals surface area contributed by atoms with Gasteiger partial charge in [-0.2, -0.15) is 0 Å². The van der Waals surface area contributed by atoms with Crippen molar-refractivity contribution in [2.45, 2.75) is 52.5 Å². The van der Waals surface area contributed by atoms with Gasteiger partial charge < -0.3 is 14.9 Å². The van der Waals surface area contributed by atoms with Crippen LogP contribution in [0.5, 0.6) is 0 Å². The average molecular weight is 282 g/mol. The van der Waals surface area contributed by atoms with Crippen LogP contribution in [0.3, 0.4) is 0 Å². The van der Waals surface area contributed by atoms with Crippen molar-refractivity contribution >= 4 is 12.0 Å². The van der Waals surface area contributed by atoms with Crippen LogP contribution in [0.25, 0.3) is 0 Å². The van der Waals surface area contributed by atoms with Crippen LogP contribution in [0.1, 0.15) is 46.5 Å². The number of carbonyl (C=O) groups is 2. The largest absolute Gasteiger partial charge is 0.481 e. The summed E-state index contributed by atoms with van der Waals surface area (Å²) in [7, 11) is 0. The van der Waals surface area contributed by atoms with Crippen molar-refractivity contribution in [1.29, 1.82) is 0 Å². The molecule has 5 heteroatoms. The van der Waals surface area contributed by atoms with E-state index in [1.165, 1.54) is 0 Å². The van der Waals surface area contributed by atoms with Crippen molar-refractivity contribution in [3.63, 3.8) is 0 Å². The van der Waals surface area contributed by atoms with E-state index in [0.29, 0.717) is 25.4 Å². The molecule has 0 saturated carbocycles. The zero-order valence-corrected chi connectivity index (χ0v) is 12.8. The maximum atomic E-state index is 12.7. The third-order valence-electron chi connectivity index (χ3n) is 4.85. The van der Waals surface area contributed by atoms with Crippen LogP contribution in [0.15, 0.2) is 0 Å². The smallest absolute Gasteiger partial charge is 0.320 e. The molecule has 2 saturated heterocycles. The molecule has 20 heavy (non-hydrogen) atoms. The lowest BCUT2D eigenvalue weighted by Crippen LogP contribution is -2.56. The van der Waals surface area contributed by atoms with Gasteiger partial charge in [-0.25, -0.2) is 4.79 Å². The van der Waals surface area contributed by atoms with E-state index >= 15 is 0 Å². The molecule has 2 rings (SSSR count). The summed E-state index contributed by atoms with van der Waals surface area (Å²) in [5, 5.41) is 9.35. The number of hydrogen-bond donors (Lipinski definition) is 1. The third-order valence-corrected chi connectivity index (χ3v) is 4.85. The quantitative estimate of drug-likeness (QED) is 0.803. The molecule has 0 radical (unpaired) electrons. The number of carboxylic acids is 1. The van der Waals surface area contributed by atoms with Gasteiger partial charge in [0.25, 0.3) is 0 Å². The minimum absolute atomic E-state index is 0.0243. The molecular weight excluding hydrogens is 256 g/mol. The first-order valence-corrected chi connectivity index (χ1v) is 7.62. The van der Waals surface area contributed by atoms with E-state index in [2.05, 4.69) is 13.8 Å². The Labute approximate surface area is 120 Å². The molecule has 0 spiro atoms. The minimum atomic E-state index is -0.796. The Kier molecular flexibility index (Phi) is 4.25. The molecule has 0 aromatic carbocycles. The Morgan fingerprint density at radius 3 is 2.60 bits per heavy atom. The number of rotatable bonds is 1. The summed E-state index contributed by atoms with van der Waals surface area (Å²) in [5.41, 5.74) is -0.793. The number of piperidine rings is 2. The molecule has 2 aliphatic heterocycles. The second-order valence-corrected chi connectivity index (χ2v) is 6.86. The van der Waals surface area contributed by atoms with Gasteiger partial charge in [0.15, 0.2) is 0 Å². The van der Waals surface area contributed by atoms with Crippen molar-refractivity contribution < 1.29 is 14.7 Å². The van der Waals surface area contributed by atoms with Gasteiger partial charge in [-0.3, -0.25) is 4.79 Å². The molecule has 0 aromatic heterocycles. The lowest BCUT2D eigenvalue weighted by atomic mass is 9.82. The second kappa shape index (κ2) is 5.62. The molecular formula is C15H26N2O3. The van der Waals surface area contributed by atoms with E-state index in [9.17, 15) is 14.7 Å². The molecule has 114 valence electrons. The molecule has 2 amide bonds. The predicted molar refractivity (Wildman–Crippen MR) is 76.5 cm³/mol. The van der Waals surface area contributed by atoms with Crippen LogP contribution in [-0.4, -0.2) is 52.6 Å². The molecule has 5 nitrogen and oxygen atoms in total. The SMILES string of the molecule is CC1CCC(C)N(C(=O)N2CCCC(C)(C(=O)O)C2)C1. The number of urea groups is 1. The molecule has 1 N–H and O–H groups in total. The summed E-state index contributed by atoms with van der Waals surface area (Å²) in [5.74, 6) is -0.263. The van der Waals surface area contributed by atoms with Gasteiger partial charge in [-0.1, -0.05) is 6.92 Å². The molecule has 3 atom stereocenters. The number of amides is 2. The van der Waals surface area contributed by atoms with E-state index in [1.807, 2.05) is 4.90 Å². The highest BCUT2D eigenvalue weighted by Gasteiger charge is 2.41. The van der Waals surface area contributed by atoms with Crippen LogP contribution < -0.4 is 0 Å². The highest BCUT2D eigenvalue weighted by Crippen LogP contribution is 2.31. The van der Waals surface area contributed by atoms with Crippen molar-refractivity contribution in [3.05, 3.63) is 0 Å². The summed E-state index contributed by atoms with van der Waals surface area (Å²) < 4.78 is 0.